The number of nitrogens with one attached hydrogen (secondary N) is 4. The third-order valence-corrected chi connectivity index (χ3v) is 10.3. The van der Waals surface area contributed by atoms with Crippen molar-refractivity contribution in [3.05, 3.63) is 82.9 Å². The van der Waals surface area contributed by atoms with Crippen LogP contribution in [0.2, 0.25) is 0 Å². The van der Waals surface area contributed by atoms with E-state index in [1.54, 1.807) is 0 Å². The lowest BCUT2D eigenvalue weighted by Crippen LogP contribution is -2.58. The van der Waals surface area contributed by atoms with Crippen LogP contribution < -0.4 is 21.3 Å². The number of rotatable bonds is 20. The zero-order valence-corrected chi connectivity index (χ0v) is 32.8. The SMILES string of the molecule is CC(C)C[C@H](NC(=O)[C@H](CCc1ccccc1)NC(=O)CN1CCOCC1)C(=O)N[C@@H](Cc1ccccc1)C(=O)N[C@@H](CC(C)C)C(=C1CC1)[C@@]1(C)CO1. The monoisotopic (exact) mass is 743 g/mol. The van der Waals surface area contributed by atoms with Crippen molar-refractivity contribution >= 4 is 23.6 Å². The molecule has 0 radical (unpaired) electrons. The lowest BCUT2D eigenvalue weighted by atomic mass is 9.87. The summed E-state index contributed by atoms with van der Waals surface area (Å²) in [6.07, 6.45) is 4.34. The molecule has 1 aliphatic carbocycles. The highest BCUT2D eigenvalue weighted by Crippen LogP contribution is 2.46. The minimum absolute atomic E-state index is 0.0589. The van der Waals surface area contributed by atoms with Gasteiger partial charge in [-0.25, -0.2) is 0 Å². The average molecular weight is 744 g/mol. The molecule has 2 saturated heterocycles. The molecular weight excluding hydrogens is 683 g/mol. The first kappa shape index (κ1) is 41.1. The molecule has 4 amide bonds. The van der Waals surface area contributed by atoms with Crippen LogP contribution in [0.1, 0.15) is 77.8 Å². The van der Waals surface area contributed by atoms with Crippen LogP contribution in [0.15, 0.2) is 71.8 Å². The molecule has 4 N–H and O–H groups in total. The lowest BCUT2D eigenvalue weighted by Gasteiger charge is -2.30. The molecule has 3 fully saturated rings. The topological polar surface area (TPSA) is 141 Å². The first-order chi connectivity index (χ1) is 25.9. The number of allylic oxidation sites excluding steroid dienone is 1. The number of ether oxygens (including phenoxy) is 2. The van der Waals surface area contributed by atoms with Crippen LogP contribution in [0.25, 0.3) is 0 Å². The average Bonchev–Trinajstić information content (AvgIpc) is 4.09. The van der Waals surface area contributed by atoms with Crippen LogP contribution in [0.4, 0.5) is 0 Å². The fourth-order valence-corrected chi connectivity index (χ4v) is 7.31. The molecule has 5 rings (SSSR count). The molecule has 2 aliphatic heterocycles. The van der Waals surface area contributed by atoms with Gasteiger partial charge >= 0.3 is 0 Å². The summed E-state index contributed by atoms with van der Waals surface area (Å²) >= 11 is 0. The maximum atomic E-state index is 14.3. The van der Waals surface area contributed by atoms with Gasteiger partial charge in [0.2, 0.25) is 23.6 Å². The molecular formula is C43H61N5O6. The Balaban J connectivity index is 1.33. The Kier molecular flexibility index (Phi) is 14.8. The molecule has 2 aromatic carbocycles. The Hall–Kier alpha value is -4.06. The first-order valence-corrected chi connectivity index (χ1v) is 19.8. The van der Waals surface area contributed by atoms with Crippen molar-refractivity contribution in [3.8, 4) is 0 Å². The van der Waals surface area contributed by atoms with Crippen LogP contribution in [0.5, 0.6) is 0 Å². The minimum Gasteiger partial charge on any atom is -0.379 e. The van der Waals surface area contributed by atoms with Gasteiger partial charge in [-0.15, -0.1) is 0 Å². The molecule has 0 bridgehead atoms. The summed E-state index contributed by atoms with van der Waals surface area (Å²) in [5, 5.41) is 12.3. The Morgan fingerprint density at radius 2 is 1.22 bits per heavy atom. The first-order valence-electron chi connectivity index (χ1n) is 19.8. The molecule has 3 aliphatic rings. The van der Waals surface area contributed by atoms with E-state index in [9.17, 15) is 19.2 Å². The Bertz CT molecular complexity index is 1580. The summed E-state index contributed by atoms with van der Waals surface area (Å²) in [5.74, 6) is -1.01. The fraction of sp³-hybridized carbons (Fsp3) is 0.581. The van der Waals surface area contributed by atoms with Crippen LogP contribution in [0.3, 0.4) is 0 Å². The molecule has 2 heterocycles. The van der Waals surface area contributed by atoms with Crippen LogP contribution in [-0.4, -0.2) is 97.8 Å². The van der Waals surface area contributed by atoms with Gasteiger partial charge in [0.25, 0.3) is 0 Å². The number of carbonyl (C=O) groups is 4. The fourth-order valence-electron chi connectivity index (χ4n) is 7.31. The Morgan fingerprint density at radius 3 is 1.80 bits per heavy atom. The number of morpholine rings is 1. The molecule has 1 saturated carbocycles. The molecule has 294 valence electrons. The van der Waals surface area contributed by atoms with Gasteiger partial charge < -0.3 is 30.7 Å². The van der Waals surface area contributed by atoms with E-state index in [-0.39, 0.29) is 42.3 Å². The smallest absolute Gasteiger partial charge is 0.243 e. The van der Waals surface area contributed by atoms with Gasteiger partial charge in [0, 0.05) is 19.5 Å². The van der Waals surface area contributed by atoms with Gasteiger partial charge in [-0.1, -0.05) is 93.9 Å². The van der Waals surface area contributed by atoms with Crippen molar-refractivity contribution in [2.45, 2.75) is 109 Å². The molecule has 0 spiro atoms. The van der Waals surface area contributed by atoms with E-state index >= 15 is 0 Å². The third kappa shape index (κ3) is 12.8. The molecule has 11 heteroatoms. The van der Waals surface area contributed by atoms with Crippen molar-refractivity contribution in [2.24, 2.45) is 11.8 Å². The predicted molar refractivity (Wildman–Crippen MR) is 209 cm³/mol. The maximum absolute atomic E-state index is 14.3. The van der Waals surface area contributed by atoms with Gasteiger partial charge in [-0.2, -0.15) is 0 Å². The Labute approximate surface area is 321 Å². The number of hydrogen-bond acceptors (Lipinski definition) is 7. The van der Waals surface area contributed by atoms with Crippen LogP contribution in [0, 0.1) is 11.8 Å². The highest BCUT2D eigenvalue weighted by Gasteiger charge is 2.49. The number of hydrogen-bond donors (Lipinski definition) is 4. The van der Waals surface area contributed by atoms with Crippen molar-refractivity contribution in [1.82, 2.24) is 26.2 Å². The molecule has 5 atom stereocenters. The van der Waals surface area contributed by atoms with E-state index in [0.29, 0.717) is 58.1 Å². The standard InChI is InChI=1S/C43H61N5O6/c1-29(2)24-35(39(33-17-18-33)43(5)28-54-43)45-42(52)37(26-32-14-10-7-11-15-32)47-41(51)36(25-30(3)4)46-40(50)34(19-16-31-12-8-6-9-13-31)44-38(49)27-48-20-22-53-23-21-48/h6-15,29-30,34-37H,16-28H2,1-5H3,(H,44,49)(H,45,52)(H,46,50)(H,47,51)/t34-,35-,36-,37-,43+/m0/s1. The van der Waals surface area contributed by atoms with Gasteiger partial charge in [0.05, 0.1) is 32.4 Å². The summed E-state index contributed by atoms with van der Waals surface area (Å²) in [4.78, 5) is 57.9. The van der Waals surface area contributed by atoms with Crippen molar-refractivity contribution in [3.63, 3.8) is 0 Å². The van der Waals surface area contributed by atoms with Gasteiger partial charge in [-0.05, 0) is 74.0 Å². The van der Waals surface area contributed by atoms with E-state index in [4.69, 9.17) is 9.47 Å². The molecule has 2 aromatic rings. The normalized spacial score (nSPS) is 20.4. The van der Waals surface area contributed by atoms with E-state index in [1.807, 2.05) is 79.4 Å². The summed E-state index contributed by atoms with van der Waals surface area (Å²) in [5.41, 5.74) is 4.12. The molecule has 0 aromatic heterocycles. The van der Waals surface area contributed by atoms with E-state index in [1.165, 1.54) is 11.1 Å². The minimum atomic E-state index is -0.923. The number of epoxide rings is 1. The zero-order chi connectivity index (χ0) is 38.7. The molecule has 54 heavy (non-hydrogen) atoms. The number of carbonyl (C=O) groups excluding carboxylic acids is 4. The van der Waals surface area contributed by atoms with Gasteiger partial charge in [0.15, 0.2) is 0 Å². The van der Waals surface area contributed by atoms with Crippen molar-refractivity contribution in [1.29, 1.82) is 0 Å². The molecule has 11 nitrogen and oxygen atoms in total. The second kappa shape index (κ2) is 19.5. The number of benzene rings is 2. The number of amides is 4. The van der Waals surface area contributed by atoms with E-state index in [2.05, 4.69) is 42.0 Å². The summed E-state index contributed by atoms with van der Waals surface area (Å²) in [7, 11) is 0. The summed E-state index contributed by atoms with van der Waals surface area (Å²) in [6, 6.07) is 16.6. The Morgan fingerprint density at radius 1 is 0.704 bits per heavy atom. The highest BCUT2D eigenvalue weighted by atomic mass is 16.6. The van der Waals surface area contributed by atoms with Crippen molar-refractivity contribution in [2.75, 3.05) is 39.5 Å². The van der Waals surface area contributed by atoms with Crippen LogP contribution in [-0.2, 0) is 41.5 Å². The maximum Gasteiger partial charge on any atom is 0.243 e. The van der Waals surface area contributed by atoms with Crippen molar-refractivity contribution < 1.29 is 28.7 Å². The third-order valence-electron chi connectivity index (χ3n) is 10.3. The highest BCUT2D eigenvalue weighted by molar-refractivity contribution is 5.94. The van der Waals surface area contributed by atoms with Crippen LogP contribution >= 0.6 is 0 Å². The summed E-state index contributed by atoms with van der Waals surface area (Å²) in [6.45, 7) is 13.6. The lowest BCUT2D eigenvalue weighted by molar-refractivity contribution is -0.134. The van der Waals surface area contributed by atoms with E-state index in [0.717, 1.165) is 30.4 Å². The van der Waals surface area contributed by atoms with Gasteiger partial charge in [-0.3, -0.25) is 24.1 Å². The number of aryl methyl sites for hydroxylation is 1. The second-order valence-electron chi connectivity index (χ2n) is 16.2. The quantitative estimate of drug-likeness (QED) is 0.118. The van der Waals surface area contributed by atoms with Gasteiger partial charge in [0.1, 0.15) is 23.7 Å². The molecule has 0 unspecified atom stereocenters. The predicted octanol–water partition coefficient (Wildman–Crippen LogP) is 4.10. The number of nitrogens with zero attached hydrogens (tertiary/aromatic N) is 1. The van der Waals surface area contributed by atoms with E-state index < -0.39 is 29.9 Å². The largest absolute Gasteiger partial charge is 0.379 e. The zero-order valence-electron chi connectivity index (χ0n) is 32.8. The second-order valence-corrected chi connectivity index (χ2v) is 16.2. The summed E-state index contributed by atoms with van der Waals surface area (Å²) < 4.78 is 11.3.